The smallest absolute Gasteiger partial charge is 0.238 e. The largest absolute Gasteiger partial charge is 0.549 e. The Morgan fingerprint density at radius 2 is 2.38 bits per heavy atom. The van der Waals surface area contributed by atoms with E-state index in [1.807, 2.05) is 0 Å². The van der Waals surface area contributed by atoms with Crippen LogP contribution >= 0.6 is 11.8 Å². The first-order valence-corrected chi connectivity index (χ1v) is 5.59. The van der Waals surface area contributed by atoms with E-state index in [0.29, 0.717) is 11.6 Å². The van der Waals surface area contributed by atoms with E-state index in [1.54, 1.807) is 19.9 Å². The molecule has 0 aliphatic rings. The number of amides is 1. The molecule has 1 rings (SSSR count). The molecule has 0 fully saturated rings. The molecule has 0 saturated carbocycles. The Bertz CT molecular complexity index is 391. The van der Waals surface area contributed by atoms with Gasteiger partial charge in [0, 0.05) is 11.8 Å². The standard InChI is InChI=1S/C9H12N2O4S/c1-5-3-7(11-15-5)10-9(14)6(2)16-4-8(12)13/h3,6H,4H2,1-2H3,(H,12,13)(H,10,11,14)/p-1/t6-/m1/s1. The van der Waals surface area contributed by atoms with Crippen molar-refractivity contribution in [2.24, 2.45) is 0 Å². The molecule has 1 aromatic heterocycles. The third-order valence-corrected chi connectivity index (χ3v) is 2.82. The average molecular weight is 243 g/mol. The molecule has 0 radical (unpaired) electrons. The highest BCUT2D eigenvalue weighted by Gasteiger charge is 2.14. The second-order valence-electron chi connectivity index (χ2n) is 3.14. The van der Waals surface area contributed by atoms with Crippen molar-refractivity contribution in [2.75, 3.05) is 11.1 Å². The first kappa shape index (κ1) is 12.6. The van der Waals surface area contributed by atoms with Crippen LogP contribution in [0, 0.1) is 6.92 Å². The molecule has 0 aliphatic heterocycles. The van der Waals surface area contributed by atoms with E-state index in [9.17, 15) is 14.7 Å². The molecule has 7 heteroatoms. The summed E-state index contributed by atoms with van der Waals surface area (Å²) >= 11 is 0.986. The van der Waals surface area contributed by atoms with Crippen molar-refractivity contribution in [3.05, 3.63) is 11.8 Å². The van der Waals surface area contributed by atoms with Crippen LogP contribution in [-0.2, 0) is 9.59 Å². The quantitative estimate of drug-likeness (QED) is 0.769. The van der Waals surface area contributed by atoms with Gasteiger partial charge >= 0.3 is 0 Å². The molecule has 0 spiro atoms. The minimum absolute atomic E-state index is 0.216. The van der Waals surface area contributed by atoms with E-state index >= 15 is 0 Å². The number of aryl methyl sites for hydroxylation is 1. The van der Waals surface area contributed by atoms with Crippen LogP contribution < -0.4 is 10.4 Å². The highest BCUT2D eigenvalue weighted by molar-refractivity contribution is 8.01. The van der Waals surface area contributed by atoms with Crippen LogP contribution in [0.4, 0.5) is 5.82 Å². The fourth-order valence-electron chi connectivity index (χ4n) is 0.922. The summed E-state index contributed by atoms with van der Waals surface area (Å²) < 4.78 is 4.77. The number of nitrogens with zero attached hydrogens (tertiary/aromatic N) is 1. The molecule has 1 heterocycles. The highest BCUT2D eigenvalue weighted by Crippen LogP contribution is 2.13. The molecule has 0 aliphatic carbocycles. The monoisotopic (exact) mass is 243 g/mol. The van der Waals surface area contributed by atoms with Crippen LogP contribution in [0.1, 0.15) is 12.7 Å². The molecule has 6 nitrogen and oxygen atoms in total. The zero-order valence-corrected chi connectivity index (χ0v) is 9.67. The van der Waals surface area contributed by atoms with Gasteiger partial charge in [-0.05, 0) is 13.8 Å². The van der Waals surface area contributed by atoms with E-state index in [2.05, 4.69) is 10.5 Å². The summed E-state index contributed by atoms with van der Waals surface area (Å²) in [5, 5.41) is 15.8. The third-order valence-electron chi connectivity index (χ3n) is 1.70. The Labute approximate surface area is 96.4 Å². The van der Waals surface area contributed by atoms with Gasteiger partial charge in [0.25, 0.3) is 0 Å². The number of rotatable bonds is 5. The van der Waals surface area contributed by atoms with Crippen LogP contribution in [0.15, 0.2) is 10.6 Å². The van der Waals surface area contributed by atoms with E-state index in [-0.39, 0.29) is 11.7 Å². The number of aliphatic carboxylic acids is 1. The summed E-state index contributed by atoms with van der Waals surface area (Å²) in [7, 11) is 0. The summed E-state index contributed by atoms with van der Waals surface area (Å²) in [4.78, 5) is 21.7. The molecule has 88 valence electrons. The van der Waals surface area contributed by atoms with Gasteiger partial charge in [0.1, 0.15) is 5.76 Å². The van der Waals surface area contributed by atoms with E-state index < -0.39 is 11.2 Å². The zero-order valence-electron chi connectivity index (χ0n) is 8.85. The molecule has 0 unspecified atom stereocenters. The van der Waals surface area contributed by atoms with Gasteiger partial charge < -0.3 is 19.7 Å². The number of nitrogens with one attached hydrogen (secondary N) is 1. The van der Waals surface area contributed by atoms with Gasteiger partial charge in [-0.3, -0.25) is 4.79 Å². The predicted molar refractivity (Wildman–Crippen MR) is 56.8 cm³/mol. The maximum atomic E-state index is 11.5. The third kappa shape index (κ3) is 3.93. The van der Waals surface area contributed by atoms with Crippen molar-refractivity contribution in [1.82, 2.24) is 5.16 Å². The van der Waals surface area contributed by atoms with Crippen LogP contribution in [-0.4, -0.2) is 28.0 Å². The fourth-order valence-corrected chi connectivity index (χ4v) is 1.52. The normalized spacial score (nSPS) is 12.1. The van der Waals surface area contributed by atoms with E-state index in [1.165, 1.54) is 0 Å². The number of carboxylic acid groups (broad SMARTS) is 1. The van der Waals surface area contributed by atoms with Crippen molar-refractivity contribution >= 4 is 29.5 Å². The lowest BCUT2D eigenvalue weighted by atomic mass is 10.4. The van der Waals surface area contributed by atoms with Gasteiger partial charge in [0.2, 0.25) is 5.91 Å². The highest BCUT2D eigenvalue weighted by atomic mass is 32.2. The number of carbonyl (C=O) groups excluding carboxylic acids is 2. The maximum absolute atomic E-state index is 11.5. The van der Waals surface area contributed by atoms with E-state index in [4.69, 9.17) is 4.52 Å². The summed E-state index contributed by atoms with van der Waals surface area (Å²) in [6, 6.07) is 1.58. The summed E-state index contributed by atoms with van der Waals surface area (Å²) in [5.41, 5.74) is 0. The summed E-state index contributed by atoms with van der Waals surface area (Å²) in [6.45, 7) is 3.31. The number of aromatic nitrogens is 1. The second kappa shape index (κ2) is 5.55. The molecule has 1 N–H and O–H groups in total. The SMILES string of the molecule is Cc1cc(NC(=O)[C@@H](C)SCC(=O)[O-])no1. The fraction of sp³-hybridized carbons (Fsp3) is 0.444. The Balaban J connectivity index is 2.42. The maximum Gasteiger partial charge on any atom is 0.238 e. The minimum atomic E-state index is -1.19. The van der Waals surface area contributed by atoms with Crippen molar-refractivity contribution in [3.63, 3.8) is 0 Å². The van der Waals surface area contributed by atoms with Gasteiger partial charge in [-0.25, -0.2) is 0 Å². The van der Waals surface area contributed by atoms with Crippen molar-refractivity contribution in [3.8, 4) is 0 Å². The van der Waals surface area contributed by atoms with Gasteiger partial charge in [-0.15, -0.1) is 11.8 Å². The van der Waals surface area contributed by atoms with Crippen LogP contribution in [0.5, 0.6) is 0 Å². The topological polar surface area (TPSA) is 95.3 Å². The number of hydrogen-bond donors (Lipinski definition) is 1. The van der Waals surface area contributed by atoms with Crippen LogP contribution in [0.25, 0.3) is 0 Å². The molecule has 16 heavy (non-hydrogen) atoms. The number of hydrogen-bond acceptors (Lipinski definition) is 6. The van der Waals surface area contributed by atoms with E-state index in [0.717, 1.165) is 11.8 Å². The van der Waals surface area contributed by atoms with Gasteiger partial charge in [0.15, 0.2) is 5.82 Å². The first-order chi connectivity index (χ1) is 7.49. The van der Waals surface area contributed by atoms with Gasteiger partial charge in [-0.2, -0.15) is 0 Å². The number of anilines is 1. The van der Waals surface area contributed by atoms with Gasteiger partial charge in [0.05, 0.1) is 11.2 Å². The Morgan fingerprint density at radius 1 is 1.69 bits per heavy atom. The molecular weight excluding hydrogens is 232 g/mol. The lowest BCUT2D eigenvalue weighted by molar-refractivity contribution is -0.301. The van der Waals surface area contributed by atoms with Crippen molar-refractivity contribution < 1.29 is 19.2 Å². The predicted octanol–water partition coefficient (Wildman–Crippen LogP) is -0.207. The molecule has 0 saturated heterocycles. The molecule has 1 aromatic rings. The Morgan fingerprint density at radius 3 is 2.88 bits per heavy atom. The lowest BCUT2D eigenvalue weighted by Crippen LogP contribution is -2.28. The molecule has 1 amide bonds. The Hall–Kier alpha value is -1.50. The number of thioether (sulfide) groups is 1. The summed E-state index contributed by atoms with van der Waals surface area (Å²) in [6.07, 6.45) is 0. The van der Waals surface area contributed by atoms with Crippen LogP contribution in [0.3, 0.4) is 0 Å². The number of carbonyl (C=O) groups is 2. The lowest BCUT2D eigenvalue weighted by Gasteiger charge is -2.10. The number of carboxylic acids is 1. The second-order valence-corrected chi connectivity index (χ2v) is 4.47. The van der Waals surface area contributed by atoms with Crippen LogP contribution in [0.2, 0.25) is 0 Å². The molecular formula is C9H11N2O4S-. The first-order valence-electron chi connectivity index (χ1n) is 4.54. The van der Waals surface area contributed by atoms with Crippen molar-refractivity contribution in [1.29, 1.82) is 0 Å². The van der Waals surface area contributed by atoms with Crippen molar-refractivity contribution in [2.45, 2.75) is 19.1 Å². The Kier molecular flexibility index (Phi) is 4.36. The molecule has 0 bridgehead atoms. The average Bonchev–Trinajstić information content (AvgIpc) is 2.60. The minimum Gasteiger partial charge on any atom is -0.549 e. The molecule has 1 atom stereocenters. The zero-order chi connectivity index (χ0) is 12.1. The molecule has 0 aromatic carbocycles. The summed E-state index contributed by atoms with van der Waals surface area (Å²) in [5.74, 6) is -0.817. The van der Waals surface area contributed by atoms with Gasteiger partial charge in [-0.1, -0.05) is 5.16 Å².